The van der Waals surface area contributed by atoms with Crippen LogP contribution in [0.15, 0.2) is 47.8 Å². The number of rotatable bonds is 6. The van der Waals surface area contributed by atoms with Crippen LogP contribution in [0.25, 0.3) is 11.3 Å². The minimum atomic E-state index is -0.244. The molecule has 0 saturated carbocycles. The van der Waals surface area contributed by atoms with Crippen molar-refractivity contribution in [2.45, 2.75) is 0 Å². The molecule has 0 radical (unpaired) electrons. The van der Waals surface area contributed by atoms with Gasteiger partial charge in [0.15, 0.2) is 5.13 Å². The van der Waals surface area contributed by atoms with Crippen LogP contribution in [0.5, 0.6) is 17.2 Å². The Kier molecular flexibility index (Phi) is 5.38. The fourth-order valence-corrected chi connectivity index (χ4v) is 3.10. The minimum absolute atomic E-state index is 0.244. The molecule has 0 unspecified atom stereocenters. The van der Waals surface area contributed by atoms with E-state index >= 15 is 0 Å². The Bertz CT molecular complexity index is 923. The van der Waals surface area contributed by atoms with Crippen molar-refractivity contribution in [3.8, 4) is 28.5 Å². The molecule has 1 aromatic heterocycles. The Hall–Kier alpha value is -3.06. The summed E-state index contributed by atoms with van der Waals surface area (Å²) in [6.07, 6.45) is 0. The summed E-state index contributed by atoms with van der Waals surface area (Å²) in [5.74, 6) is 1.74. The molecule has 1 N–H and O–H groups in total. The lowest BCUT2D eigenvalue weighted by molar-refractivity contribution is 0.102. The van der Waals surface area contributed by atoms with E-state index in [-0.39, 0.29) is 5.91 Å². The van der Waals surface area contributed by atoms with Gasteiger partial charge in [-0.1, -0.05) is 6.07 Å². The molecule has 3 rings (SSSR count). The lowest BCUT2D eigenvalue weighted by Gasteiger charge is -2.08. The predicted molar refractivity (Wildman–Crippen MR) is 102 cm³/mol. The fourth-order valence-electron chi connectivity index (χ4n) is 2.40. The van der Waals surface area contributed by atoms with Gasteiger partial charge in [0.25, 0.3) is 5.91 Å². The third kappa shape index (κ3) is 3.78. The molecule has 0 aliphatic rings. The molecule has 1 amide bonds. The van der Waals surface area contributed by atoms with Gasteiger partial charge in [0.05, 0.1) is 27.0 Å². The van der Waals surface area contributed by atoms with Gasteiger partial charge < -0.3 is 14.2 Å². The second-order valence-electron chi connectivity index (χ2n) is 5.29. The number of ether oxygens (including phenoxy) is 3. The molecule has 0 aliphatic carbocycles. The molecule has 1 heterocycles. The number of amides is 1. The first-order valence-electron chi connectivity index (χ1n) is 7.78. The molecule has 0 aliphatic heterocycles. The van der Waals surface area contributed by atoms with E-state index in [1.807, 2.05) is 17.5 Å². The number of hydrogen-bond donors (Lipinski definition) is 1. The average molecular weight is 370 g/mol. The van der Waals surface area contributed by atoms with Crippen molar-refractivity contribution < 1.29 is 19.0 Å². The highest BCUT2D eigenvalue weighted by Gasteiger charge is 2.14. The van der Waals surface area contributed by atoms with Gasteiger partial charge in [-0.05, 0) is 30.3 Å². The monoisotopic (exact) mass is 370 g/mol. The standard InChI is InChI=1S/C19H18N2O4S/c1-23-13-6-4-5-12(9-13)18(22)21-19-20-16(11-26-19)15-8-7-14(24-2)10-17(15)25-3/h4-11H,1-3H3,(H,20,21,22). The van der Waals surface area contributed by atoms with Gasteiger partial charge in [-0.2, -0.15) is 0 Å². The summed E-state index contributed by atoms with van der Waals surface area (Å²) in [5.41, 5.74) is 2.05. The Labute approximate surface area is 155 Å². The number of nitrogens with zero attached hydrogens (tertiary/aromatic N) is 1. The first-order chi connectivity index (χ1) is 12.6. The number of carbonyl (C=O) groups excluding carboxylic acids is 1. The molecule has 0 bridgehead atoms. The third-order valence-electron chi connectivity index (χ3n) is 3.74. The highest BCUT2D eigenvalue weighted by Crippen LogP contribution is 2.34. The topological polar surface area (TPSA) is 69.7 Å². The zero-order valence-corrected chi connectivity index (χ0v) is 15.4. The zero-order valence-electron chi connectivity index (χ0n) is 14.6. The van der Waals surface area contributed by atoms with Crippen molar-refractivity contribution >= 4 is 22.4 Å². The summed E-state index contributed by atoms with van der Waals surface area (Å²) in [6.45, 7) is 0. The molecule has 134 valence electrons. The maximum Gasteiger partial charge on any atom is 0.257 e. The van der Waals surface area contributed by atoms with Gasteiger partial charge in [-0.3, -0.25) is 10.1 Å². The quantitative estimate of drug-likeness (QED) is 0.708. The first-order valence-corrected chi connectivity index (χ1v) is 8.66. The second-order valence-corrected chi connectivity index (χ2v) is 6.15. The zero-order chi connectivity index (χ0) is 18.5. The van der Waals surface area contributed by atoms with E-state index in [4.69, 9.17) is 14.2 Å². The van der Waals surface area contributed by atoms with Crippen LogP contribution in [0.2, 0.25) is 0 Å². The van der Waals surface area contributed by atoms with Gasteiger partial charge in [0.2, 0.25) is 0 Å². The second kappa shape index (κ2) is 7.88. The molecule has 0 spiro atoms. The molecule has 7 heteroatoms. The van der Waals surface area contributed by atoms with Gasteiger partial charge in [-0.15, -0.1) is 11.3 Å². The molecule has 0 atom stereocenters. The fraction of sp³-hybridized carbons (Fsp3) is 0.158. The van der Waals surface area contributed by atoms with Crippen molar-refractivity contribution in [2.75, 3.05) is 26.6 Å². The summed E-state index contributed by atoms with van der Waals surface area (Å²) in [5, 5.41) is 5.18. The number of anilines is 1. The largest absolute Gasteiger partial charge is 0.497 e. The van der Waals surface area contributed by atoms with E-state index in [0.29, 0.717) is 27.9 Å². The Morgan fingerprint density at radius 2 is 1.77 bits per heavy atom. The summed E-state index contributed by atoms with van der Waals surface area (Å²) < 4.78 is 15.8. The minimum Gasteiger partial charge on any atom is -0.497 e. The molecular weight excluding hydrogens is 352 g/mol. The summed E-state index contributed by atoms with van der Waals surface area (Å²) in [6, 6.07) is 12.5. The van der Waals surface area contributed by atoms with Crippen LogP contribution in [0.1, 0.15) is 10.4 Å². The highest BCUT2D eigenvalue weighted by atomic mass is 32.1. The number of benzene rings is 2. The lowest BCUT2D eigenvalue weighted by Crippen LogP contribution is -2.11. The highest BCUT2D eigenvalue weighted by molar-refractivity contribution is 7.14. The smallest absolute Gasteiger partial charge is 0.257 e. The maximum absolute atomic E-state index is 12.4. The van der Waals surface area contributed by atoms with Crippen LogP contribution in [-0.2, 0) is 0 Å². The molecule has 2 aromatic carbocycles. The van der Waals surface area contributed by atoms with E-state index in [2.05, 4.69) is 10.3 Å². The number of methoxy groups -OCH3 is 3. The first kappa shape index (κ1) is 17.8. The normalized spacial score (nSPS) is 10.3. The number of hydrogen-bond acceptors (Lipinski definition) is 6. The molecule has 6 nitrogen and oxygen atoms in total. The molecule has 0 fully saturated rings. The Morgan fingerprint density at radius 3 is 2.50 bits per heavy atom. The van der Waals surface area contributed by atoms with Gasteiger partial charge >= 0.3 is 0 Å². The predicted octanol–water partition coefficient (Wildman–Crippen LogP) is 4.09. The van der Waals surface area contributed by atoms with Crippen LogP contribution in [0.3, 0.4) is 0 Å². The lowest BCUT2D eigenvalue weighted by atomic mass is 10.1. The molecule has 26 heavy (non-hydrogen) atoms. The number of carbonyl (C=O) groups is 1. The number of thiazole rings is 1. The molecule has 3 aromatic rings. The Balaban J connectivity index is 1.81. The van der Waals surface area contributed by atoms with Crippen molar-refractivity contribution in [3.63, 3.8) is 0 Å². The maximum atomic E-state index is 12.4. The summed E-state index contributed by atoms with van der Waals surface area (Å²) >= 11 is 1.35. The van der Waals surface area contributed by atoms with Crippen molar-refractivity contribution in [2.24, 2.45) is 0 Å². The Morgan fingerprint density at radius 1 is 1.00 bits per heavy atom. The van der Waals surface area contributed by atoms with Crippen molar-refractivity contribution in [1.82, 2.24) is 4.98 Å². The number of aromatic nitrogens is 1. The van der Waals surface area contributed by atoms with Crippen LogP contribution in [0.4, 0.5) is 5.13 Å². The van der Waals surface area contributed by atoms with Crippen LogP contribution >= 0.6 is 11.3 Å². The summed E-state index contributed by atoms with van der Waals surface area (Å²) in [4.78, 5) is 16.9. The van der Waals surface area contributed by atoms with Crippen molar-refractivity contribution in [1.29, 1.82) is 0 Å². The summed E-state index contributed by atoms with van der Waals surface area (Å²) in [7, 11) is 4.76. The van der Waals surface area contributed by atoms with Gasteiger partial charge in [0, 0.05) is 22.6 Å². The van der Waals surface area contributed by atoms with E-state index < -0.39 is 0 Å². The number of nitrogens with one attached hydrogen (secondary N) is 1. The van der Waals surface area contributed by atoms with E-state index in [9.17, 15) is 4.79 Å². The van der Waals surface area contributed by atoms with Crippen LogP contribution < -0.4 is 19.5 Å². The van der Waals surface area contributed by atoms with Crippen LogP contribution in [0, 0.1) is 0 Å². The molecular formula is C19H18N2O4S. The van der Waals surface area contributed by atoms with E-state index in [1.54, 1.807) is 51.7 Å². The third-order valence-corrected chi connectivity index (χ3v) is 4.50. The van der Waals surface area contributed by atoms with E-state index in [1.165, 1.54) is 11.3 Å². The van der Waals surface area contributed by atoms with Gasteiger partial charge in [-0.25, -0.2) is 4.98 Å². The van der Waals surface area contributed by atoms with E-state index in [0.717, 1.165) is 11.3 Å². The average Bonchev–Trinajstić information content (AvgIpc) is 3.15. The van der Waals surface area contributed by atoms with Gasteiger partial charge in [0.1, 0.15) is 17.2 Å². The van der Waals surface area contributed by atoms with Crippen LogP contribution in [-0.4, -0.2) is 32.2 Å². The van der Waals surface area contributed by atoms with Crippen molar-refractivity contribution in [3.05, 3.63) is 53.4 Å². The SMILES string of the molecule is COc1cccc(C(=O)Nc2nc(-c3ccc(OC)cc3OC)cs2)c1. The molecule has 0 saturated heterocycles.